The minimum atomic E-state index is 0.0877. The first-order valence-corrected chi connectivity index (χ1v) is 7.40. The van der Waals surface area contributed by atoms with E-state index < -0.39 is 0 Å². The van der Waals surface area contributed by atoms with Crippen molar-refractivity contribution in [2.75, 3.05) is 18.2 Å². The molecule has 0 radical (unpaired) electrons. The van der Waals surface area contributed by atoms with Crippen LogP contribution in [0.3, 0.4) is 0 Å². The van der Waals surface area contributed by atoms with Gasteiger partial charge in [-0.25, -0.2) is 4.68 Å². The Morgan fingerprint density at radius 3 is 2.79 bits per heavy atom. The number of nitrogens with zero attached hydrogens (tertiary/aromatic N) is 3. The Kier molecular flexibility index (Phi) is 3.29. The molecule has 2 aromatic rings. The topological polar surface area (TPSA) is 38.1 Å². The van der Waals surface area contributed by atoms with Gasteiger partial charge in [-0.15, -0.1) is 11.8 Å². The molecule has 1 fully saturated rings. The Morgan fingerprint density at radius 1 is 1.32 bits per heavy atom. The van der Waals surface area contributed by atoms with Crippen molar-refractivity contribution in [3.63, 3.8) is 0 Å². The molecule has 3 rings (SSSR count). The smallest absolute Gasteiger partial charge is 0.258 e. The van der Waals surface area contributed by atoms with Crippen molar-refractivity contribution >= 4 is 17.7 Å². The van der Waals surface area contributed by atoms with E-state index in [1.807, 2.05) is 46.8 Å². The van der Waals surface area contributed by atoms with E-state index >= 15 is 0 Å². The Morgan fingerprint density at radius 2 is 2.11 bits per heavy atom. The molecule has 0 spiro atoms. The molecule has 0 saturated carbocycles. The summed E-state index contributed by atoms with van der Waals surface area (Å²) in [6.07, 6.45) is 1.67. The molecule has 98 valence electrons. The van der Waals surface area contributed by atoms with E-state index in [-0.39, 0.29) is 5.91 Å². The zero-order valence-corrected chi connectivity index (χ0v) is 11.6. The number of aromatic nitrogens is 2. The normalized spacial score (nSPS) is 14.9. The molecule has 1 amide bonds. The van der Waals surface area contributed by atoms with Gasteiger partial charge in [0.05, 0.1) is 29.0 Å². The summed E-state index contributed by atoms with van der Waals surface area (Å²) < 4.78 is 1.82. The summed E-state index contributed by atoms with van der Waals surface area (Å²) in [4.78, 5) is 14.3. The molecule has 0 unspecified atom stereocenters. The monoisotopic (exact) mass is 273 g/mol. The van der Waals surface area contributed by atoms with Crippen LogP contribution in [0, 0.1) is 6.92 Å². The lowest BCUT2D eigenvalue weighted by Crippen LogP contribution is -2.28. The Hall–Kier alpha value is -1.75. The van der Waals surface area contributed by atoms with E-state index in [9.17, 15) is 4.79 Å². The second kappa shape index (κ2) is 5.09. The lowest BCUT2D eigenvalue weighted by molar-refractivity contribution is 0.0802. The minimum Gasteiger partial charge on any atom is -0.328 e. The fourth-order valence-electron chi connectivity index (χ4n) is 2.19. The number of carbonyl (C=O) groups excluding carboxylic acids is 1. The van der Waals surface area contributed by atoms with Gasteiger partial charge < -0.3 is 4.90 Å². The van der Waals surface area contributed by atoms with E-state index in [1.54, 1.807) is 18.0 Å². The van der Waals surface area contributed by atoms with Crippen LogP contribution >= 0.6 is 11.8 Å². The number of benzene rings is 1. The highest BCUT2D eigenvalue weighted by molar-refractivity contribution is 7.99. The predicted molar refractivity (Wildman–Crippen MR) is 76.7 cm³/mol. The molecule has 0 bridgehead atoms. The highest BCUT2D eigenvalue weighted by Crippen LogP contribution is 2.20. The number of amides is 1. The average Bonchev–Trinajstić information content (AvgIpc) is 3.08. The maximum atomic E-state index is 12.4. The number of thioether (sulfide) groups is 1. The van der Waals surface area contributed by atoms with Gasteiger partial charge in [-0.2, -0.15) is 5.10 Å². The van der Waals surface area contributed by atoms with Crippen LogP contribution in [0.5, 0.6) is 0 Å². The average molecular weight is 273 g/mol. The van der Waals surface area contributed by atoms with Crippen LogP contribution in [-0.2, 0) is 0 Å². The molecule has 2 heterocycles. The third-order valence-corrected chi connectivity index (χ3v) is 4.25. The molecular weight excluding hydrogens is 258 g/mol. The first-order valence-electron chi connectivity index (χ1n) is 6.24. The predicted octanol–water partition coefficient (Wildman–Crippen LogP) is 2.33. The van der Waals surface area contributed by atoms with Crippen LogP contribution in [0.1, 0.15) is 16.1 Å². The first kappa shape index (κ1) is 12.3. The summed E-state index contributed by atoms with van der Waals surface area (Å²) in [5, 5.41) is 4.34. The van der Waals surface area contributed by atoms with Crippen molar-refractivity contribution in [2.45, 2.75) is 6.92 Å². The van der Waals surface area contributed by atoms with Gasteiger partial charge in [-0.1, -0.05) is 18.2 Å². The van der Waals surface area contributed by atoms with Crippen LogP contribution < -0.4 is 0 Å². The third kappa shape index (κ3) is 2.26. The van der Waals surface area contributed by atoms with Crippen LogP contribution in [0.25, 0.3) is 5.69 Å². The van der Waals surface area contributed by atoms with Gasteiger partial charge in [0.2, 0.25) is 0 Å². The van der Waals surface area contributed by atoms with Crippen molar-refractivity contribution in [3.05, 3.63) is 47.8 Å². The molecule has 19 heavy (non-hydrogen) atoms. The van der Waals surface area contributed by atoms with Gasteiger partial charge in [0.1, 0.15) is 0 Å². The Labute approximate surface area is 116 Å². The quantitative estimate of drug-likeness (QED) is 0.843. The minimum absolute atomic E-state index is 0.0877. The first-order chi connectivity index (χ1) is 9.27. The van der Waals surface area contributed by atoms with Crippen LogP contribution in [0.15, 0.2) is 36.5 Å². The summed E-state index contributed by atoms with van der Waals surface area (Å²) in [6, 6.07) is 9.87. The summed E-state index contributed by atoms with van der Waals surface area (Å²) in [7, 11) is 0. The van der Waals surface area contributed by atoms with E-state index in [1.165, 1.54) is 0 Å². The van der Waals surface area contributed by atoms with Crippen molar-refractivity contribution in [2.24, 2.45) is 0 Å². The lowest BCUT2D eigenvalue weighted by atomic mass is 10.2. The van der Waals surface area contributed by atoms with Crippen molar-refractivity contribution in [1.29, 1.82) is 0 Å². The number of para-hydroxylation sites is 1. The second-order valence-electron chi connectivity index (χ2n) is 4.50. The fraction of sp³-hybridized carbons (Fsp3) is 0.286. The molecule has 0 aliphatic carbocycles. The maximum absolute atomic E-state index is 12.4. The van der Waals surface area contributed by atoms with Gasteiger partial charge in [0.25, 0.3) is 5.91 Å². The molecule has 5 heteroatoms. The number of hydrogen-bond donors (Lipinski definition) is 0. The molecule has 1 aliphatic rings. The Balaban J connectivity index is 1.93. The van der Waals surface area contributed by atoms with Gasteiger partial charge in [-0.05, 0) is 19.1 Å². The summed E-state index contributed by atoms with van der Waals surface area (Å²) in [5.41, 5.74) is 2.58. The number of carbonyl (C=O) groups is 1. The molecule has 1 saturated heterocycles. The molecule has 4 nitrogen and oxygen atoms in total. The standard InChI is InChI=1S/C14H15N3OS/c1-11-13(14(18)16-7-8-19-10-16)9-15-17(11)12-5-3-2-4-6-12/h2-6,9H,7-8,10H2,1H3. The highest BCUT2D eigenvalue weighted by Gasteiger charge is 2.23. The third-order valence-electron chi connectivity index (χ3n) is 3.28. The van der Waals surface area contributed by atoms with Gasteiger partial charge in [-0.3, -0.25) is 4.79 Å². The SMILES string of the molecule is Cc1c(C(=O)N2CCSC2)cnn1-c1ccccc1. The zero-order chi connectivity index (χ0) is 13.2. The molecule has 1 aromatic carbocycles. The van der Waals surface area contributed by atoms with E-state index in [2.05, 4.69) is 5.10 Å². The lowest BCUT2D eigenvalue weighted by Gasteiger charge is -2.13. The van der Waals surface area contributed by atoms with Crippen LogP contribution in [-0.4, -0.2) is 38.8 Å². The maximum Gasteiger partial charge on any atom is 0.258 e. The number of rotatable bonds is 2. The Bertz CT molecular complexity index is 588. The summed E-state index contributed by atoms with van der Waals surface area (Å²) in [5.74, 6) is 1.90. The number of hydrogen-bond acceptors (Lipinski definition) is 3. The summed E-state index contributed by atoms with van der Waals surface area (Å²) >= 11 is 1.79. The van der Waals surface area contributed by atoms with Crippen molar-refractivity contribution < 1.29 is 4.79 Å². The largest absolute Gasteiger partial charge is 0.328 e. The molecule has 1 aliphatic heterocycles. The van der Waals surface area contributed by atoms with Crippen LogP contribution in [0.4, 0.5) is 0 Å². The van der Waals surface area contributed by atoms with E-state index in [0.29, 0.717) is 5.56 Å². The summed E-state index contributed by atoms with van der Waals surface area (Å²) in [6.45, 7) is 2.77. The molecule has 1 aromatic heterocycles. The fourth-order valence-corrected chi connectivity index (χ4v) is 3.14. The molecular formula is C14H15N3OS. The molecule has 0 N–H and O–H groups in total. The highest BCUT2D eigenvalue weighted by atomic mass is 32.2. The van der Waals surface area contributed by atoms with E-state index in [4.69, 9.17) is 0 Å². The van der Waals surface area contributed by atoms with Crippen molar-refractivity contribution in [1.82, 2.24) is 14.7 Å². The van der Waals surface area contributed by atoms with Gasteiger partial charge in [0.15, 0.2) is 0 Å². The molecule has 0 atom stereocenters. The second-order valence-corrected chi connectivity index (χ2v) is 5.57. The van der Waals surface area contributed by atoms with Gasteiger partial charge in [0, 0.05) is 12.3 Å². The van der Waals surface area contributed by atoms with E-state index in [0.717, 1.165) is 29.6 Å². The zero-order valence-electron chi connectivity index (χ0n) is 10.7. The van der Waals surface area contributed by atoms with Gasteiger partial charge >= 0.3 is 0 Å². The van der Waals surface area contributed by atoms with Crippen LogP contribution in [0.2, 0.25) is 0 Å². The van der Waals surface area contributed by atoms with Crippen molar-refractivity contribution in [3.8, 4) is 5.69 Å².